The van der Waals surface area contributed by atoms with E-state index in [1.54, 1.807) is 6.07 Å². The zero-order valence-electron chi connectivity index (χ0n) is 14.7. The SMILES string of the molecule is CC(C)CC(=O)NC(C(=O)NCc1ccc(F)c(CO)c1)C(C)C. The lowest BCUT2D eigenvalue weighted by atomic mass is 10.0. The Labute approximate surface area is 142 Å². The maximum absolute atomic E-state index is 13.4. The molecule has 1 aromatic rings. The Morgan fingerprint density at radius 1 is 1.21 bits per heavy atom. The number of aliphatic hydroxyl groups excluding tert-OH is 1. The summed E-state index contributed by atoms with van der Waals surface area (Å²) in [6.45, 7) is 7.42. The van der Waals surface area contributed by atoms with Crippen molar-refractivity contribution in [3.8, 4) is 0 Å². The molecule has 0 aliphatic rings. The minimum absolute atomic E-state index is 0.0534. The minimum atomic E-state index is -0.617. The van der Waals surface area contributed by atoms with Crippen LogP contribution in [0.2, 0.25) is 0 Å². The first-order valence-corrected chi connectivity index (χ1v) is 8.19. The zero-order valence-corrected chi connectivity index (χ0v) is 14.7. The smallest absolute Gasteiger partial charge is 0.243 e. The minimum Gasteiger partial charge on any atom is -0.392 e. The second kappa shape index (κ2) is 9.37. The van der Waals surface area contributed by atoms with Gasteiger partial charge < -0.3 is 15.7 Å². The predicted octanol–water partition coefficient (Wildman–Crippen LogP) is 2.12. The molecular weight excluding hydrogens is 311 g/mol. The molecule has 6 heteroatoms. The number of hydrogen-bond donors (Lipinski definition) is 3. The molecular formula is C18H27FN2O3. The van der Waals surface area contributed by atoms with Gasteiger partial charge in [-0.15, -0.1) is 0 Å². The van der Waals surface area contributed by atoms with Crippen LogP contribution >= 0.6 is 0 Å². The lowest BCUT2D eigenvalue weighted by Crippen LogP contribution is -2.49. The molecule has 1 aromatic carbocycles. The van der Waals surface area contributed by atoms with Crippen LogP contribution < -0.4 is 10.6 Å². The molecule has 0 saturated carbocycles. The van der Waals surface area contributed by atoms with Crippen LogP contribution in [-0.2, 0) is 22.7 Å². The number of hydrogen-bond acceptors (Lipinski definition) is 3. The van der Waals surface area contributed by atoms with Crippen molar-refractivity contribution in [2.24, 2.45) is 11.8 Å². The second-order valence-electron chi connectivity index (χ2n) is 6.69. The Hall–Kier alpha value is -1.95. The second-order valence-corrected chi connectivity index (χ2v) is 6.69. The number of aliphatic hydroxyl groups is 1. The molecule has 1 atom stereocenters. The van der Waals surface area contributed by atoms with E-state index in [1.807, 2.05) is 27.7 Å². The number of halogens is 1. The normalized spacial score (nSPS) is 12.3. The fraction of sp³-hybridized carbons (Fsp3) is 0.556. The monoisotopic (exact) mass is 338 g/mol. The maximum atomic E-state index is 13.4. The van der Waals surface area contributed by atoms with Gasteiger partial charge in [-0.3, -0.25) is 9.59 Å². The van der Waals surface area contributed by atoms with E-state index < -0.39 is 18.5 Å². The van der Waals surface area contributed by atoms with Crippen molar-refractivity contribution in [3.05, 3.63) is 35.1 Å². The highest BCUT2D eigenvalue weighted by Gasteiger charge is 2.24. The van der Waals surface area contributed by atoms with Gasteiger partial charge in [-0.05, 0) is 29.5 Å². The fourth-order valence-corrected chi connectivity index (χ4v) is 2.30. The number of carbonyl (C=O) groups excluding carboxylic acids is 2. The quantitative estimate of drug-likeness (QED) is 0.679. The van der Waals surface area contributed by atoms with Crippen molar-refractivity contribution in [1.29, 1.82) is 0 Å². The molecule has 0 radical (unpaired) electrons. The van der Waals surface area contributed by atoms with Crippen LogP contribution in [0.25, 0.3) is 0 Å². The highest BCUT2D eigenvalue weighted by Crippen LogP contribution is 2.11. The first kappa shape index (κ1) is 20.1. The first-order valence-electron chi connectivity index (χ1n) is 8.19. The van der Waals surface area contributed by atoms with Crippen LogP contribution in [0.15, 0.2) is 18.2 Å². The molecule has 0 fully saturated rings. The summed E-state index contributed by atoms with van der Waals surface area (Å²) < 4.78 is 13.4. The average molecular weight is 338 g/mol. The van der Waals surface area contributed by atoms with Crippen molar-refractivity contribution >= 4 is 11.8 Å². The average Bonchev–Trinajstić information content (AvgIpc) is 2.50. The zero-order chi connectivity index (χ0) is 18.3. The van der Waals surface area contributed by atoms with Crippen LogP contribution in [0.5, 0.6) is 0 Å². The summed E-state index contributed by atoms with van der Waals surface area (Å²) in [4.78, 5) is 24.3. The molecule has 1 unspecified atom stereocenters. The predicted molar refractivity (Wildman–Crippen MR) is 90.4 cm³/mol. The van der Waals surface area contributed by atoms with E-state index in [1.165, 1.54) is 12.1 Å². The third-order valence-electron chi connectivity index (χ3n) is 3.61. The van der Waals surface area contributed by atoms with Crippen molar-refractivity contribution in [1.82, 2.24) is 10.6 Å². The molecule has 0 saturated heterocycles. The standard InChI is InChI=1S/C18H27FN2O3/c1-11(2)7-16(23)21-17(12(3)4)18(24)20-9-13-5-6-15(19)14(8-13)10-22/h5-6,8,11-12,17,22H,7,9-10H2,1-4H3,(H,20,24)(H,21,23). The van der Waals surface area contributed by atoms with E-state index in [-0.39, 0.29) is 35.8 Å². The van der Waals surface area contributed by atoms with Crippen molar-refractivity contribution < 1.29 is 19.1 Å². The molecule has 0 spiro atoms. The number of rotatable bonds is 8. The van der Waals surface area contributed by atoms with E-state index in [0.29, 0.717) is 12.0 Å². The van der Waals surface area contributed by atoms with Crippen molar-refractivity contribution in [3.63, 3.8) is 0 Å². The third kappa shape index (κ3) is 6.28. The van der Waals surface area contributed by atoms with E-state index in [9.17, 15) is 14.0 Å². The molecule has 0 heterocycles. The summed E-state index contributed by atoms with van der Waals surface area (Å²) >= 11 is 0. The Morgan fingerprint density at radius 3 is 2.42 bits per heavy atom. The van der Waals surface area contributed by atoms with Crippen LogP contribution in [-0.4, -0.2) is 23.0 Å². The lowest BCUT2D eigenvalue weighted by molar-refractivity contribution is -0.130. The largest absolute Gasteiger partial charge is 0.392 e. The van der Waals surface area contributed by atoms with E-state index in [0.717, 1.165) is 0 Å². The Morgan fingerprint density at radius 2 is 1.88 bits per heavy atom. The Kier molecular flexibility index (Phi) is 7.85. The van der Waals surface area contributed by atoms with E-state index in [2.05, 4.69) is 10.6 Å². The summed E-state index contributed by atoms with van der Waals surface area (Å²) in [5.41, 5.74) is 0.872. The first-order chi connectivity index (χ1) is 11.2. The van der Waals surface area contributed by atoms with Gasteiger partial charge in [-0.2, -0.15) is 0 Å². The highest BCUT2D eigenvalue weighted by atomic mass is 19.1. The molecule has 24 heavy (non-hydrogen) atoms. The van der Waals surface area contributed by atoms with Gasteiger partial charge in [0.25, 0.3) is 0 Å². The molecule has 0 aliphatic carbocycles. The summed E-state index contributed by atoms with van der Waals surface area (Å²) in [6, 6.07) is 3.71. The summed E-state index contributed by atoms with van der Waals surface area (Å²) in [5.74, 6) is -0.743. The molecule has 3 N–H and O–H groups in total. The van der Waals surface area contributed by atoms with Crippen molar-refractivity contribution in [2.75, 3.05) is 0 Å². The fourth-order valence-electron chi connectivity index (χ4n) is 2.30. The van der Waals surface area contributed by atoms with Gasteiger partial charge in [-0.1, -0.05) is 33.8 Å². The van der Waals surface area contributed by atoms with Crippen LogP contribution in [0.4, 0.5) is 4.39 Å². The van der Waals surface area contributed by atoms with Gasteiger partial charge in [0.1, 0.15) is 11.9 Å². The van der Waals surface area contributed by atoms with E-state index >= 15 is 0 Å². The molecule has 5 nitrogen and oxygen atoms in total. The van der Waals surface area contributed by atoms with Gasteiger partial charge in [0.2, 0.25) is 11.8 Å². The number of nitrogens with one attached hydrogen (secondary N) is 2. The lowest BCUT2D eigenvalue weighted by Gasteiger charge is -2.22. The molecule has 134 valence electrons. The molecule has 1 rings (SSSR count). The van der Waals surface area contributed by atoms with Gasteiger partial charge in [0.05, 0.1) is 6.61 Å². The highest BCUT2D eigenvalue weighted by molar-refractivity contribution is 5.87. The Bertz CT molecular complexity index is 573. The van der Waals surface area contributed by atoms with Gasteiger partial charge in [-0.25, -0.2) is 4.39 Å². The summed E-state index contributed by atoms with van der Waals surface area (Å²) in [5, 5.41) is 14.6. The van der Waals surface area contributed by atoms with Crippen LogP contribution in [0.3, 0.4) is 0 Å². The molecule has 0 aliphatic heterocycles. The van der Waals surface area contributed by atoms with Gasteiger partial charge in [0.15, 0.2) is 0 Å². The topological polar surface area (TPSA) is 78.4 Å². The van der Waals surface area contributed by atoms with Gasteiger partial charge >= 0.3 is 0 Å². The van der Waals surface area contributed by atoms with Crippen molar-refractivity contribution in [2.45, 2.75) is 53.3 Å². The van der Waals surface area contributed by atoms with Crippen LogP contribution in [0, 0.1) is 17.7 Å². The molecule has 2 amide bonds. The molecule has 0 bridgehead atoms. The maximum Gasteiger partial charge on any atom is 0.243 e. The van der Waals surface area contributed by atoms with Gasteiger partial charge in [0, 0.05) is 18.5 Å². The summed E-state index contributed by atoms with van der Waals surface area (Å²) in [6.07, 6.45) is 0.369. The number of benzene rings is 1. The number of amides is 2. The third-order valence-corrected chi connectivity index (χ3v) is 3.61. The van der Waals surface area contributed by atoms with E-state index in [4.69, 9.17) is 5.11 Å². The van der Waals surface area contributed by atoms with Crippen LogP contribution in [0.1, 0.15) is 45.2 Å². The summed E-state index contributed by atoms with van der Waals surface area (Å²) in [7, 11) is 0. The number of carbonyl (C=O) groups is 2. The Balaban J connectivity index is 2.67. The molecule has 0 aromatic heterocycles.